The molecular formula is C6H8INS. The Bertz CT molecular complexity index is 187. The van der Waals surface area contributed by atoms with E-state index < -0.39 is 0 Å². The van der Waals surface area contributed by atoms with Crippen molar-refractivity contribution in [3.05, 3.63) is 13.6 Å². The van der Waals surface area contributed by atoms with Gasteiger partial charge in [0.2, 0.25) is 0 Å². The molecule has 0 radical (unpaired) electrons. The quantitative estimate of drug-likeness (QED) is 0.701. The molecule has 0 aliphatic carbocycles. The Morgan fingerprint density at radius 2 is 2.33 bits per heavy atom. The summed E-state index contributed by atoms with van der Waals surface area (Å²) in [5.74, 6) is 0. The van der Waals surface area contributed by atoms with Gasteiger partial charge in [0.15, 0.2) is 0 Å². The van der Waals surface area contributed by atoms with Crippen LogP contribution in [0.3, 0.4) is 0 Å². The lowest BCUT2D eigenvalue weighted by molar-refractivity contribution is 1.08. The number of nitrogens with zero attached hydrogens (tertiary/aromatic N) is 1. The van der Waals surface area contributed by atoms with Crippen molar-refractivity contribution in [1.29, 1.82) is 0 Å². The van der Waals surface area contributed by atoms with Crippen LogP contribution in [0.2, 0.25) is 0 Å². The molecule has 0 N–H and O–H groups in total. The summed E-state index contributed by atoms with van der Waals surface area (Å²) in [6.45, 7) is 4.24. The first kappa shape index (κ1) is 7.47. The fourth-order valence-corrected chi connectivity index (χ4v) is 2.13. The minimum atomic E-state index is 1.06. The van der Waals surface area contributed by atoms with Gasteiger partial charge in [-0.3, -0.25) is 0 Å². The van der Waals surface area contributed by atoms with Crippen LogP contribution in [0.5, 0.6) is 0 Å². The van der Waals surface area contributed by atoms with Gasteiger partial charge in [-0.25, -0.2) is 4.98 Å². The van der Waals surface area contributed by atoms with E-state index in [2.05, 4.69) is 41.4 Å². The Morgan fingerprint density at radius 1 is 1.67 bits per heavy atom. The van der Waals surface area contributed by atoms with Crippen LogP contribution in [0.15, 0.2) is 0 Å². The molecule has 9 heavy (non-hydrogen) atoms. The average molecular weight is 253 g/mol. The summed E-state index contributed by atoms with van der Waals surface area (Å²) >= 11 is 4.06. The minimum absolute atomic E-state index is 1.06. The van der Waals surface area contributed by atoms with Gasteiger partial charge in [-0.1, -0.05) is 6.92 Å². The smallest absolute Gasteiger partial charge is 0.115 e. The van der Waals surface area contributed by atoms with Crippen molar-refractivity contribution in [2.75, 3.05) is 0 Å². The molecule has 1 nitrogen and oxygen atoms in total. The van der Waals surface area contributed by atoms with Crippen LogP contribution < -0.4 is 0 Å². The number of hydrogen-bond acceptors (Lipinski definition) is 2. The van der Waals surface area contributed by atoms with Crippen molar-refractivity contribution in [2.24, 2.45) is 0 Å². The van der Waals surface area contributed by atoms with Crippen LogP contribution in [-0.2, 0) is 6.42 Å². The van der Waals surface area contributed by atoms with Gasteiger partial charge in [0.25, 0.3) is 0 Å². The van der Waals surface area contributed by atoms with Gasteiger partial charge in [-0.2, -0.15) is 0 Å². The molecule has 1 aromatic rings. The van der Waals surface area contributed by atoms with Crippen LogP contribution in [0.25, 0.3) is 0 Å². The molecule has 1 rings (SSSR count). The molecule has 0 aliphatic rings. The number of aryl methyl sites for hydroxylation is 2. The lowest BCUT2D eigenvalue weighted by atomic mass is 10.5. The van der Waals surface area contributed by atoms with E-state index in [4.69, 9.17) is 0 Å². The van der Waals surface area contributed by atoms with Gasteiger partial charge in [-0.15, -0.1) is 11.3 Å². The third kappa shape index (κ3) is 1.64. The first-order valence-corrected chi connectivity index (χ1v) is 4.75. The molecule has 0 amide bonds. The molecule has 0 aromatic carbocycles. The molecule has 0 saturated heterocycles. The van der Waals surface area contributed by atoms with Crippen molar-refractivity contribution >= 4 is 33.9 Å². The number of halogens is 1. The average Bonchev–Trinajstić information content (AvgIpc) is 2.13. The van der Waals surface area contributed by atoms with E-state index in [0.29, 0.717) is 0 Å². The maximum absolute atomic E-state index is 4.33. The first-order chi connectivity index (χ1) is 4.24. The zero-order chi connectivity index (χ0) is 6.85. The van der Waals surface area contributed by atoms with E-state index in [0.717, 1.165) is 10.1 Å². The lowest BCUT2D eigenvalue weighted by Crippen LogP contribution is -1.75. The summed E-state index contributed by atoms with van der Waals surface area (Å²) in [6.07, 6.45) is 1.06. The van der Waals surface area contributed by atoms with Crippen molar-refractivity contribution in [2.45, 2.75) is 20.3 Å². The van der Waals surface area contributed by atoms with Gasteiger partial charge in [0.1, 0.15) is 3.70 Å². The van der Waals surface area contributed by atoms with E-state index in [1.807, 2.05) is 0 Å². The zero-order valence-corrected chi connectivity index (χ0v) is 8.41. The molecule has 0 aliphatic heterocycles. The Labute approximate surface area is 72.6 Å². The predicted octanol–water partition coefficient (Wildman–Crippen LogP) is 2.62. The zero-order valence-electron chi connectivity index (χ0n) is 5.44. The van der Waals surface area contributed by atoms with Gasteiger partial charge >= 0.3 is 0 Å². The van der Waals surface area contributed by atoms with E-state index >= 15 is 0 Å². The van der Waals surface area contributed by atoms with Crippen LogP contribution in [0.4, 0.5) is 0 Å². The molecule has 0 saturated carbocycles. The van der Waals surface area contributed by atoms with E-state index in [-0.39, 0.29) is 0 Å². The Morgan fingerprint density at radius 3 is 2.56 bits per heavy atom. The Balaban J connectivity index is 2.98. The molecule has 0 spiro atoms. The second-order valence-electron chi connectivity index (χ2n) is 1.81. The first-order valence-electron chi connectivity index (χ1n) is 2.86. The van der Waals surface area contributed by atoms with Crippen LogP contribution in [0.1, 0.15) is 16.8 Å². The van der Waals surface area contributed by atoms with E-state index in [9.17, 15) is 0 Å². The summed E-state index contributed by atoms with van der Waals surface area (Å²) in [6, 6.07) is 0. The summed E-state index contributed by atoms with van der Waals surface area (Å²) in [4.78, 5) is 5.67. The molecule has 3 heteroatoms. The van der Waals surface area contributed by atoms with E-state index in [1.54, 1.807) is 11.3 Å². The number of aromatic nitrogens is 1. The second-order valence-corrected chi connectivity index (χ2v) is 4.12. The third-order valence-corrected chi connectivity index (χ3v) is 3.62. The Kier molecular flexibility index (Phi) is 2.46. The van der Waals surface area contributed by atoms with Crippen molar-refractivity contribution < 1.29 is 0 Å². The van der Waals surface area contributed by atoms with E-state index in [1.165, 1.54) is 9.88 Å². The number of rotatable bonds is 1. The highest BCUT2D eigenvalue weighted by Gasteiger charge is 2.00. The summed E-state index contributed by atoms with van der Waals surface area (Å²) in [7, 11) is 0. The van der Waals surface area contributed by atoms with Gasteiger partial charge < -0.3 is 0 Å². The van der Waals surface area contributed by atoms with Crippen LogP contribution in [-0.4, -0.2) is 4.98 Å². The fourth-order valence-electron chi connectivity index (χ4n) is 0.581. The highest BCUT2D eigenvalue weighted by Crippen LogP contribution is 2.18. The van der Waals surface area contributed by atoms with Crippen LogP contribution >= 0.6 is 33.9 Å². The third-order valence-electron chi connectivity index (χ3n) is 1.09. The molecule has 0 atom stereocenters. The number of hydrogen-bond donors (Lipinski definition) is 0. The van der Waals surface area contributed by atoms with Crippen molar-refractivity contribution in [1.82, 2.24) is 4.98 Å². The number of thiazole rings is 1. The standard InChI is InChI=1S/C6H8INS/c1-3-5-8-6(7)4(2)9-5/h3H2,1-2H3. The highest BCUT2D eigenvalue weighted by molar-refractivity contribution is 14.1. The topological polar surface area (TPSA) is 12.9 Å². The monoisotopic (exact) mass is 253 g/mol. The largest absolute Gasteiger partial charge is 0.235 e. The fraction of sp³-hybridized carbons (Fsp3) is 0.500. The van der Waals surface area contributed by atoms with Gasteiger partial charge in [0, 0.05) is 4.88 Å². The summed E-state index contributed by atoms with van der Waals surface area (Å²) < 4.78 is 1.16. The minimum Gasteiger partial charge on any atom is -0.235 e. The molecule has 50 valence electrons. The molecule has 1 heterocycles. The van der Waals surface area contributed by atoms with Crippen LogP contribution in [0, 0.1) is 10.6 Å². The second kappa shape index (κ2) is 2.96. The molecule has 0 fully saturated rings. The van der Waals surface area contributed by atoms with Gasteiger partial charge in [-0.05, 0) is 35.9 Å². The van der Waals surface area contributed by atoms with Gasteiger partial charge in [0.05, 0.1) is 5.01 Å². The summed E-state index contributed by atoms with van der Waals surface area (Å²) in [5, 5.41) is 1.25. The lowest BCUT2D eigenvalue weighted by Gasteiger charge is -1.78. The predicted molar refractivity (Wildman–Crippen MR) is 48.9 cm³/mol. The normalized spacial score (nSPS) is 10.1. The molecule has 0 unspecified atom stereocenters. The molecular weight excluding hydrogens is 245 g/mol. The SMILES string of the molecule is CCc1nc(I)c(C)s1. The molecule has 1 aromatic heterocycles. The maximum atomic E-state index is 4.33. The summed E-state index contributed by atoms with van der Waals surface area (Å²) in [5.41, 5.74) is 0. The maximum Gasteiger partial charge on any atom is 0.115 e. The van der Waals surface area contributed by atoms with Crippen molar-refractivity contribution in [3.8, 4) is 0 Å². The van der Waals surface area contributed by atoms with Crippen molar-refractivity contribution in [3.63, 3.8) is 0 Å². The molecule has 0 bridgehead atoms. The highest BCUT2D eigenvalue weighted by atomic mass is 127. The Hall–Kier alpha value is 0.360.